The number of methoxy groups -OCH3 is 1. The van der Waals surface area contributed by atoms with Crippen molar-refractivity contribution >= 4 is 17.3 Å². The second-order valence-electron chi connectivity index (χ2n) is 4.26. The van der Waals surface area contributed by atoms with Gasteiger partial charge in [-0.15, -0.1) is 0 Å². The Morgan fingerprint density at radius 1 is 1.53 bits per heavy atom. The van der Waals surface area contributed by atoms with Crippen LogP contribution in [0.25, 0.3) is 0 Å². The number of carbonyl (C=O) groups excluding carboxylic acids is 1. The van der Waals surface area contributed by atoms with Gasteiger partial charge in [-0.3, -0.25) is 4.79 Å². The van der Waals surface area contributed by atoms with Crippen molar-refractivity contribution in [3.8, 4) is 0 Å². The number of anilines is 2. The molecule has 3 N–H and O–H groups in total. The summed E-state index contributed by atoms with van der Waals surface area (Å²) in [5.41, 5.74) is 6.76. The van der Waals surface area contributed by atoms with Crippen LogP contribution in [0.2, 0.25) is 0 Å². The molecule has 0 aromatic heterocycles. The predicted octanol–water partition coefficient (Wildman–Crippen LogP) is 1.77. The molecule has 1 aliphatic rings. The molecule has 0 heterocycles. The first-order chi connectivity index (χ1) is 8.10. The lowest BCUT2D eigenvalue weighted by molar-refractivity contribution is -0.148. The van der Waals surface area contributed by atoms with Gasteiger partial charge in [-0.25, -0.2) is 4.39 Å². The predicted molar refractivity (Wildman–Crippen MR) is 63.0 cm³/mol. The zero-order valence-corrected chi connectivity index (χ0v) is 9.57. The number of nitrogens with one attached hydrogen (secondary N) is 1. The SMILES string of the molecule is COC(=O)C1CC(Nc2ccc(F)cc2N)C1. The summed E-state index contributed by atoms with van der Waals surface area (Å²) in [5.74, 6) is -0.552. The number of hydrogen-bond donors (Lipinski definition) is 2. The molecule has 0 amide bonds. The van der Waals surface area contributed by atoms with Crippen molar-refractivity contribution in [3.63, 3.8) is 0 Å². The number of nitrogens with two attached hydrogens (primary N) is 1. The van der Waals surface area contributed by atoms with Gasteiger partial charge < -0.3 is 15.8 Å². The van der Waals surface area contributed by atoms with Crippen molar-refractivity contribution in [2.24, 2.45) is 5.92 Å². The summed E-state index contributed by atoms with van der Waals surface area (Å²) in [4.78, 5) is 11.2. The van der Waals surface area contributed by atoms with Gasteiger partial charge >= 0.3 is 5.97 Å². The highest BCUT2D eigenvalue weighted by atomic mass is 19.1. The van der Waals surface area contributed by atoms with E-state index in [2.05, 4.69) is 10.1 Å². The molecule has 0 saturated heterocycles. The lowest BCUT2D eigenvalue weighted by atomic mass is 9.80. The highest BCUT2D eigenvalue weighted by Crippen LogP contribution is 2.32. The van der Waals surface area contributed by atoms with Crippen LogP contribution >= 0.6 is 0 Å². The summed E-state index contributed by atoms with van der Waals surface area (Å²) in [6, 6.07) is 4.44. The van der Waals surface area contributed by atoms with Crippen molar-refractivity contribution in [2.45, 2.75) is 18.9 Å². The van der Waals surface area contributed by atoms with Gasteiger partial charge in [0.15, 0.2) is 0 Å². The van der Waals surface area contributed by atoms with Crippen LogP contribution in [0.1, 0.15) is 12.8 Å². The Balaban J connectivity index is 1.90. The van der Waals surface area contributed by atoms with E-state index in [1.54, 1.807) is 6.07 Å². The number of nitrogen functional groups attached to an aromatic ring is 1. The summed E-state index contributed by atoms with van der Waals surface area (Å²) in [5, 5.41) is 3.18. The largest absolute Gasteiger partial charge is 0.469 e. The Morgan fingerprint density at radius 3 is 2.82 bits per heavy atom. The molecule has 0 spiro atoms. The quantitative estimate of drug-likeness (QED) is 0.622. The number of hydrogen-bond acceptors (Lipinski definition) is 4. The van der Waals surface area contributed by atoms with Crippen LogP contribution in [-0.2, 0) is 9.53 Å². The molecule has 17 heavy (non-hydrogen) atoms. The third kappa shape index (κ3) is 2.49. The smallest absolute Gasteiger partial charge is 0.308 e. The van der Waals surface area contributed by atoms with E-state index in [4.69, 9.17) is 5.73 Å². The van der Waals surface area contributed by atoms with Crippen LogP contribution in [-0.4, -0.2) is 19.1 Å². The van der Waals surface area contributed by atoms with E-state index in [1.165, 1.54) is 19.2 Å². The number of ether oxygens (including phenoxy) is 1. The maximum Gasteiger partial charge on any atom is 0.308 e. The van der Waals surface area contributed by atoms with E-state index in [1.807, 2.05) is 0 Å². The molecular weight excluding hydrogens is 223 g/mol. The Morgan fingerprint density at radius 2 is 2.24 bits per heavy atom. The molecule has 0 atom stereocenters. The van der Waals surface area contributed by atoms with Crippen LogP contribution < -0.4 is 11.1 Å². The molecule has 0 unspecified atom stereocenters. The molecule has 1 aliphatic carbocycles. The molecule has 1 aromatic carbocycles. The topological polar surface area (TPSA) is 64.3 Å². The summed E-state index contributed by atoms with van der Waals surface area (Å²) in [7, 11) is 1.39. The lowest BCUT2D eigenvalue weighted by Crippen LogP contribution is -2.40. The fourth-order valence-corrected chi connectivity index (χ4v) is 1.98. The summed E-state index contributed by atoms with van der Waals surface area (Å²) in [6.07, 6.45) is 1.45. The highest BCUT2D eigenvalue weighted by molar-refractivity contribution is 5.74. The zero-order valence-electron chi connectivity index (χ0n) is 9.57. The van der Waals surface area contributed by atoms with Crippen molar-refractivity contribution in [2.75, 3.05) is 18.2 Å². The van der Waals surface area contributed by atoms with E-state index in [0.29, 0.717) is 11.4 Å². The summed E-state index contributed by atoms with van der Waals surface area (Å²) >= 11 is 0. The summed E-state index contributed by atoms with van der Waals surface area (Å²) < 4.78 is 17.5. The van der Waals surface area contributed by atoms with Crippen LogP contribution in [0.4, 0.5) is 15.8 Å². The average molecular weight is 238 g/mol. The molecule has 1 fully saturated rings. The third-order valence-corrected chi connectivity index (χ3v) is 3.05. The summed E-state index contributed by atoms with van der Waals surface area (Å²) in [6.45, 7) is 0. The van der Waals surface area contributed by atoms with Gasteiger partial charge in [-0.05, 0) is 31.0 Å². The minimum atomic E-state index is -0.353. The zero-order chi connectivity index (χ0) is 12.4. The van der Waals surface area contributed by atoms with Gasteiger partial charge in [0.2, 0.25) is 0 Å². The van der Waals surface area contributed by atoms with Gasteiger partial charge in [-0.2, -0.15) is 0 Å². The second-order valence-corrected chi connectivity index (χ2v) is 4.26. The fraction of sp³-hybridized carbons (Fsp3) is 0.417. The van der Waals surface area contributed by atoms with Crippen molar-refractivity contribution < 1.29 is 13.9 Å². The standard InChI is InChI=1S/C12H15FN2O2/c1-17-12(16)7-4-9(5-7)15-11-3-2-8(13)6-10(11)14/h2-3,6-7,9,15H,4-5,14H2,1H3. The Kier molecular flexibility index (Phi) is 3.17. The van der Waals surface area contributed by atoms with Crippen molar-refractivity contribution in [1.29, 1.82) is 0 Å². The first-order valence-electron chi connectivity index (χ1n) is 5.49. The van der Waals surface area contributed by atoms with Gasteiger partial charge in [0, 0.05) is 6.04 Å². The second kappa shape index (κ2) is 4.61. The van der Waals surface area contributed by atoms with E-state index >= 15 is 0 Å². The third-order valence-electron chi connectivity index (χ3n) is 3.05. The van der Waals surface area contributed by atoms with Crippen LogP contribution in [0.15, 0.2) is 18.2 Å². The Hall–Kier alpha value is -1.78. The Bertz CT molecular complexity index is 431. The minimum Gasteiger partial charge on any atom is -0.469 e. The molecule has 0 radical (unpaired) electrons. The first-order valence-corrected chi connectivity index (χ1v) is 5.49. The van der Waals surface area contributed by atoms with Crippen LogP contribution in [0.3, 0.4) is 0 Å². The Labute approximate surface area is 98.9 Å². The van der Waals surface area contributed by atoms with Gasteiger partial charge in [-0.1, -0.05) is 0 Å². The monoisotopic (exact) mass is 238 g/mol. The van der Waals surface area contributed by atoms with Crippen molar-refractivity contribution in [3.05, 3.63) is 24.0 Å². The fourth-order valence-electron chi connectivity index (χ4n) is 1.98. The highest BCUT2D eigenvalue weighted by Gasteiger charge is 2.35. The van der Waals surface area contributed by atoms with Crippen LogP contribution in [0, 0.1) is 11.7 Å². The minimum absolute atomic E-state index is 0.0285. The van der Waals surface area contributed by atoms with Crippen molar-refractivity contribution in [1.82, 2.24) is 0 Å². The maximum atomic E-state index is 12.8. The first kappa shape index (κ1) is 11.7. The molecule has 0 aliphatic heterocycles. The molecule has 2 rings (SSSR count). The number of carbonyl (C=O) groups is 1. The number of rotatable bonds is 3. The molecular formula is C12H15FN2O2. The molecule has 92 valence electrons. The number of halogens is 1. The van der Waals surface area contributed by atoms with Gasteiger partial charge in [0.1, 0.15) is 5.82 Å². The van der Waals surface area contributed by atoms with E-state index in [9.17, 15) is 9.18 Å². The van der Waals surface area contributed by atoms with Gasteiger partial charge in [0.05, 0.1) is 24.4 Å². The molecule has 1 aromatic rings. The van der Waals surface area contributed by atoms with E-state index in [-0.39, 0.29) is 23.7 Å². The number of esters is 1. The molecule has 0 bridgehead atoms. The molecule has 1 saturated carbocycles. The number of benzene rings is 1. The molecule has 4 nitrogen and oxygen atoms in total. The maximum absolute atomic E-state index is 12.8. The van der Waals surface area contributed by atoms with E-state index in [0.717, 1.165) is 12.8 Å². The molecule has 5 heteroatoms. The van der Waals surface area contributed by atoms with Gasteiger partial charge in [0.25, 0.3) is 0 Å². The average Bonchev–Trinajstić information content (AvgIpc) is 2.24. The normalized spacial score (nSPS) is 22.7. The van der Waals surface area contributed by atoms with Crippen LogP contribution in [0.5, 0.6) is 0 Å². The van der Waals surface area contributed by atoms with E-state index < -0.39 is 0 Å². The lowest BCUT2D eigenvalue weighted by Gasteiger charge is -2.34.